The van der Waals surface area contributed by atoms with Crippen LogP contribution in [0.5, 0.6) is 0 Å². The summed E-state index contributed by atoms with van der Waals surface area (Å²) < 4.78 is 1.82. The first-order valence-corrected chi connectivity index (χ1v) is 11.4. The zero-order valence-electron chi connectivity index (χ0n) is 18.9. The molecule has 0 unspecified atom stereocenters. The highest BCUT2D eigenvalue weighted by molar-refractivity contribution is 5.96. The second kappa shape index (κ2) is 11.4. The molecule has 0 aliphatic carbocycles. The van der Waals surface area contributed by atoms with Crippen LogP contribution in [0.2, 0.25) is 0 Å². The number of aromatic nitrogens is 3. The van der Waals surface area contributed by atoms with E-state index in [9.17, 15) is 14.7 Å². The fourth-order valence-electron chi connectivity index (χ4n) is 3.76. The Morgan fingerprint density at radius 3 is 2.44 bits per heavy atom. The molecule has 0 saturated heterocycles. The third kappa shape index (κ3) is 5.90. The molecule has 0 atom stereocenters. The van der Waals surface area contributed by atoms with Gasteiger partial charge in [0.25, 0.3) is 0 Å². The number of aryl methyl sites for hydroxylation is 1. The molecule has 1 heterocycles. The van der Waals surface area contributed by atoms with Crippen molar-refractivity contribution in [3.05, 3.63) is 71.3 Å². The Morgan fingerprint density at radius 2 is 1.75 bits per heavy atom. The topological polar surface area (TPSA) is 85.1 Å². The largest absolute Gasteiger partial charge is 0.478 e. The maximum Gasteiger partial charge on any atom is 0.336 e. The number of hydrogen-bond acceptors (Lipinski definition) is 4. The molecular weight excluding hydrogens is 402 g/mol. The lowest BCUT2D eigenvalue weighted by Crippen LogP contribution is -2.08. The molecule has 0 saturated carbocycles. The summed E-state index contributed by atoms with van der Waals surface area (Å²) in [4.78, 5) is 28.9. The van der Waals surface area contributed by atoms with Gasteiger partial charge in [-0.3, -0.25) is 4.79 Å². The van der Waals surface area contributed by atoms with Crippen molar-refractivity contribution in [2.75, 3.05) is 0 Å². The molecule has 3 aromatic rings. The summed E-state index contributed by atoms with van der Waals surface area (Å²) in [5.74, 6) is -0.0567. The lowest BCUT2D eigenvalue weighted by Gasteiger charge is -2.10. The van der Waals surface area contributed by atoms with Crippen LogP contribution < -0.4 is 0 Å². The number of Topliss-reactive ketones (excluding diaryl/α,β-unsaturated/α-hetero) is 1. The van der Waals surface area contributed by atoms with Crippen LogP contribution in [0.25, 0.3) is 11.1 Å². The third-order valence-corrected chi connectivity index (χ3v) is 5.46. The van der Waals surface area contributed by atoms with Gasteiger partial charge in [0.15, 0.2) is 0 Å². The van der Waals surface area contributed by atoms with Crippen molar-refractivity contribution in [1.29, 1.82) is 0 Å². The fourth-order valence-corrected chi connectivity index (χ4v) is 3.76. The van der Waals surface area contributed by atoms with E-state index in [4.69, 9.17) is 0 Å². The van der Waals surface area contributed by atoms with Crippen LogP contribution in [0.4, 0.5) is 0 Å². The average Bonchev–Trinajstić information content (AvgIpc) is 3.20. The molecule has 0 aliphatic heterocycles. The van der Waals surface area contributed by atoms with Gasteiger partial charge in [0.05, 0.1) is 5.56 Å². The number of carboxylic acids is 1. The van der Waals surface area contributed by atoms with Gasteiger partial charge in [-0.05, 0) is 35.6 Å². The maximum atomic E-state index is 12.4. The maximum absolute atomic E-state index is 12.4. The molecule has 32 heavy (non-hydrogen) atoms. The smallest absolute Gasteiger partial charge is 0.336 e. The Kier molecular flexibility index (Phi) is 8.31. The molecule has 0 radical (unpaired) electrons. The molecule has 168 valence electrons. The predicted molar refractivity (Wildman–Crippen MR) is 125 cm³/mol. The highest BCUT2D eigenvalue weighted by Gasteiger charge is 2.18. The van der Waals surface area contributed by atoms with Gasteiger partial charge in [0.1, 0.15) is 5.82 Å². The second-order valence-corrected chi connectivity index (χ2v) is 8.04. The normalized spacial score (nSPS) is 10.9. The Bertz CT molecular complexity index is 1060. The van der Waals surface area contributed by atoms with Gasteiger partial charge in [-0.1, -0.05) is 75.6 Å². The number of unbranched alkanes of at least 4 members (excludes halogenated alkanes) is 3. The predicted octanol–water partition coefficient (Wildman–Crippen LogP) is 5.80. The molecule has 2 aromatic carbocycles. The van der Waals surface area contributed by atoms with Crippen LogP contribution in [-0.2, 0) is 13.0 Å². The van der Waals surface area contributed by atoms with Gasteiger partial charge >= 0.3 is 5.97 Å². The SMILES string of the molecule is CCCCCCn1nc(C(=O)CCC)nc1Cc1ccc(-c2ccccc2)c(C(=O)O)c1. The van der Waals surface area contributed by atoms with Crippen LogP contribution in [-0.4, -0.2) is 31.6 Å². The highest BCUT2D eigenvalue weighted by atomic mass is 16.4. The number of aromatic carboxylic acids is 1. The van der Waals surface area contributed by atoms with Gasteiger partial charge in [-0.25, -0.2) is 14.5 Å². The van der Waals surface area contributed by atoms with E-state index < -0.39 is 5.97 Å². The van der Waals surface area contributed by atoms with Crippen molar-refractivity contribution in [2.45, 2.75) is 65.3 Å². The molecular formula is C26H31N3O3. The van der Waals surface area contributed by atoms with Crippen molar-refractivity contribution < 1.29 is 14.7 Å². The quantitative estimate of drug-likeness (QED) is 0.288. The van der Waals surface area contributed by atoms with Crippen LogP contribution in [0, 0.1) is 0 Å². The first kappa shape index (κ1) is 23.4. The summed E-state index contributed by atoms with van der Waals surface area (Å²) in [6.45, 7) is 4.83. The van der Waals surface area contributed by atoms with Crippen LogP contribution in [0.15, 0.2) is 48.5 Å². The molecule has 1 aromatic heterocycles. The second-order valence-electron chi connectivity index (χ2n) is 8.04. The number of rotatable bonds is 12. The van der Waals surface area contributed by atoms with Gasteiger partial charge in [-0.2, -0.15) is 0 Å². The molecule has 6 nitrogen and oxygen atoms in total. The van der Waals surface area contributed by atoms with Gasteiger partial charge < -0.3 is 5.11 Å². The summed E-state index contributed by atoms with van der Waals surface area (Å²) in [6.07, 6.45) is 5.98. The number of carbonyl (C=O) groups is 2. The lowest BCUT2D eigenvalue weighted by atomic mass is 9.96. The van der Waals surface area contributed by atoms with E-state index in [-0.39, 0.29) is 17.2 Å². The number of hydrogen-bond donors (Lipinski definition) is 1. The molecule has 0 fully saturated rings. The van der Waals surface area contributed by atoms with Gasteiger partial charge in [0.2, 0.25) is 11.6 Å². The minimum absolute atomic E-state index is 0.0493. The van der Waals surface area contributed by atoms with Crippen molar-refractivity contribution in [2.24, 2.45) is 0 Å². The van der Waals surface area contributed by atoms with E-state index >= 15 is 0 Å². The minimum atomic E-state index is -0.967. The standard InChI is InChI=1S/C26H31N3O3/c1-3-5-6-10-16-29-24(27-25(28-29)23(30)11-4-2)18-19-14-15-21(22(17-19)26(31)32)20-12-8-7-9-13-20/h7-9,12-15,17H,3-6,10-11,16,18H2,1-2H3,(H,31,32). The number of carboxylic acid groups (broad SMARTS) is 1. The Labute approximate surface area is 189 Å². The molecule has 0 spiro atoms. The van der Waals surface area contributed by atoms with E-state index in [1.807, 2.05) is 54.1 Å². The van der Waals surface area contributed by atoms with Crippen LogP contribution in [0.1, 0.15) is 84.7 Å². The van der Waals surface area contributed by atoms with E-state index in [0.717, 1.165) is 43.2 Å². The zero-order valence-corrected chi connectivity index (χ0v) is 18.9. The van der Waals surface area contributed by atoms with Crippen molar-refractivity contribution >= 4 is 11.8 Å². The molecule has 1 N–H and O–H groups in total. The molecule has 0 aliphatic rings. The number of benzene rings is 2. The van der Waals surface area contributed by atoms with E-state index in [1.165, 1.54) is 0 Å². The summed E-state index contributed by atoms with van der Waals surface area (Å²) in [6, 6.07) is 15.0. The van der Waals surface area contributed by atoms with Crippen molar-refractivity contribution in [3.8, 4) is 11.1 Å². The Morgan fingerprint density at radius 1 is 0.969 bits per heavy atom. The Hall–Kier alpha value is -3.28. The molecule has 3 rings (SSSR count). The molecule has 6 heteroatoms. The third-order valence-electron chi connectivity index (χ3n) is 5.46. The van der Waals surface area contributed by atoms with E-state index in [2.05, 4.69) is 17.0 Å². The zero-order chi connectivity index (χ0) is 22.9. The average molecular weight is 434 g/mol. The first-order chi connectivity index (χ1) is 15.5. The van der Waals surface area contributed by atoms with Gasteiger partial charge in [-0.15, -0.1) is 5.10 Å². The van der Waals surface area contributed by atoms with Crippen molar-refractivity contribution in [1.82, 2.24) is 14.8 Å². The van der Waals surface area contributed by atoms with Gasteiger partial charge in [0, 0.05) is 19.4 Å². The number of ketones is 1. The summed E-state index contributed by atoms with van der Waals surface area (Å²) in [7, 11) is 0. The fraction of sp³-hybridized carbons (Fsp3) is 0.385. The summed E-state index contributed by atoms with van der Waals surface area (Å²) in [5.41, 5.74) is 2.63. The summed E-state index contributed by atoms with van der Waals surface area (Å²) in [5, 5.41) is 14.3. The van der Waals surface area contributed by atoms with Crippen LogP contribution in [0.3, 0.4) is 0 Å². The Balaban J connectivity index is 1.89. The first-order valence-electron chi connectivity index (χ1n) is 11.4. The van der Waals surface area contributed by atoms with Crippen LogP contribution >= 0.6 is 0 Å². The van der Waals surface area contributed by atoms with Crippen molar-refractivity contribution in [3.63, 3.8) is 0 Å². The number of carbonyl (C=O) groups excluding carboxylic acids is 1. The summed E-state index contributed by atoms with van der Waals surface area (Å²) >= 11 is 0. The molecule has 0 amide bonds. The monoisotopic (exact) mass is 433 g/mol. The van der Waals surface area contributed by atoms with E-state index in [1.54, 1.807) is 6.07 Å². The highest BCUT2D eigenvalue weighted by Crippen LogP contribution is 2.26. The minimum Gasteiger partial charge on any atom is -0.478 e. The lowest BCUT2D eigenvalue weighted by molar-refractivity contribution is 0.0697. The van der Waals surface area contributed by atoms with E-state index in [0.29, 0.717) is 30.8 Å². The molecule has 0 bridgehead atoms. The number of nitrogens with zero attached hydrogens (tertiary/aromatic N) is 3.